The van der Waals surface area contributed by atoms with Gasteiger partial charge in [0, 0.05) is 6.07 Å². The highest BCUT2D eigenvalue weighted by molar-refractivity contribution is 5.71. The Morgan fingerprint density at radius 2 is 2.33 bits per heavy atom. The van der Waals surface area contributed by atoms with Gasteiger partial charge in [-0.25, -0.2) is 4.58 Å². The molecule has 78 valence electrons. The Bertz CT molecular complexity index is 396. The average molecular weight is 205 g/mol. The zero-order valence-electron chi connectivity index (χ0n) is 8.44. The molecule has 1 heterocycles. The quantitative estimate of drug-likeness (QED) is 0.255. The third-order valence-electron chi connectivity index (χ3n) is 1.78. The molecule has 0 bridgehead atoms. The number of guanidine groups is 1. The minimum absolute atomic E-state index is 0.154. The lowest BCUT2D eigenvalue weighted by atomic mass is 10.3. The standard InChI is InChI=1S/C9H12N6/c1-13-6-15(9(11)12)8-3-2-7(4-10)5-14-8/h2-3,5,13H,6H2,1H3,(H3,11,12)/p+1. The summed E-state index contributed by atoms with van der Waals surface area (Å²) >= 11 is 0. The number of hydrogen-bond acceptors (Lipinski definition) is 3. The van der Waals surface area contributed by atoms with Crippen LogP contribution in [0.5, 0.6) is 0 Å². The highest BCUT2D eigenvalue weighted by Gasteiger charge is 2.08. The van der Waals surface area contributed by atoms with Crippen LogP contribution in [0.25, 0.3) is 0 Å². The predicted molar refractivity (Wildman–Crippen MR) is 56.2 cm³/mol. The molecule has 0 aliphatic rings. The van der Waals surface area contributed by atoms with Gasteiger partial charge >= 0.3 is 5.96 Å². The number of rotatable bonds is 3. The van der Waals surface area contributed by atoms with E-state index in [-0.39, 0.29) is 5.96 Å². The fraction of sp³-hybridized carbons (Fsp3) is 0.222. The zero-order valence-corrected chi connectivity index (χ0v) is 8.44. The summed E-state index contributed by atoms with van der Waals surface area (Å²) in [6.07, 6.45) is 1.47. The van der Waals surface area contributed by atoms with Crippen LogP contribution in [0.4, 0.5) is 5.82 Å². The number of nitrogens with one attached hydrogen (secondary N) is 1. The summed E-state index contributed by atoms with van der Waals surface area (Å²) in [6.45, 7) is 0.460. The Labute approximate surface area is 87.8 Å². The minimum atomic E-state index is 0.154. The number of pyridine rings is 1. The van der Waals surface area contributed by atoms with Crippen molar-refractivity contribution < 1.29 is 4.58 Å². The molecular formula is C9H13N6+. The molecular weight excluding hydrogens is 192 g/mol. The van der Waals surface area contributed by atoms with Gasteiger partial charge in [0.25, 0.3) is 0 Å². The van der Waals surface area contributed by atoms with Gasteiger partial charge in [-0.2, -0.15) is 5.26 Å². The maximum absolute atomic E-state index is 8.61. The van der Waals surface area contributed by atoms with Crippen LogP contribution in [0.3, 0.4) is 0 Å². The van der Waals surface area contributed by atoms with Crippen molar-refractivity contribution in [3.63, 3.8) is 0 Å². The van der Waals surface area contributed by atoms with Crippen LogP contribution >= 0.6 is 0 Å². The van der Waals surface area contributed by atoms with E-state index in [2.05, 4.69) is 10.3 Å². The van der Waals surface area contributed by atoms with E-state index in [4.69, 9.17) is 16.7 Å². The Kier molecular flexibility index (Phi) is 3.60. The third-order valence-corrected chi connectivity index (χ3v) is 1.78. The lowest BCUT2D eigenvalue weighted by molar-refractivity contribution is -0.452. The highest BCUT2D eigenvalue weighted by Crippen LogP contribution is 2.06. The maximum atomic E-state index is 8.61. The van der Waals surface area contributed by atoms with Crippen molar-refractivity contribution in [1.29, 1.82) is 5.26 Å². The van der Waals surface area contributed by atoms with Crippen LogP contribution in [0.1, 0.15) is 5.56 Å². The molecule has 0 fully saturated rings. The molecule has 0 saturated heterocycles. The van der Waals surface area contributed by atoms with Crippen LogP contribution in [-0.4, -0.2) is 29.2 Å². The first-order valence-electron chi connectivity index (χ1n) is 4.35. The highest BCUT2D eigenvalue weighted by atomic mass is 15.2. The fourth-order valence-corrected chi connectivity index (χ4v) is 1.07. The molecule has 0 amide bonds. The van der Waals surface area contributed by atoms with E-state index in [1.807, 2.05) is 6.07 Å². The number of aromatic nitrogens is 1. The number of nitriles is 1. The van der Waals surface area contributed by atoms with E-state index in [0.29, 0.717) is 18.1 Å². The third kappa shape index (κ3) is 2.65. The van der Waals surface area contributed by atoms with E-state index in [1.54, 1.807) is 23.8 Å². The number of hydrogen-bond donors (Lipinski definition) is 3. The van der Waals surface area contributed by atoms with Crippen molar-refractivity contribution in [3.8, 4) is 6.07 Å². The van der Waals surface area contributed by atoms with Gasteiger partial charge in [0.05, 0.1) is 5.56 Å². The van der Waals surface area contributed by atoms with Crippen LogP contribution in [0.15, 0.2) is 18.3 Å². The van der Waals surface area contributed by atoms with Gasteiger partial charge in [0.15, 0.2) is 0 Å². The molecule has 6 nitrogen and oxygen atoms in total. The first-order valence-corrected chi connectivity index (χ1v) is 4.35. The molecule has 0 aliphatic heterocycles. The van der Waals surface area contributed by atoms with Crippen molar-refractivity contribution in [2.45, 2.75) is 0 Å². The van der Waals surface area contributed by atoms with E-state index in [9.17, 15) is 0 Å². The van der Waals surface area contributed by atoms with E-state index >= 15 is 0 Å². The summed E-state index contributed by atoms with van der Waals surface area (Å²) < 4.78 is 1.60. The largest absolute Gasteiger partial charge is 0.310 e. The van der Waals surface area contributed by atoms with Gasteiger partial charge in [-0.1, -0.05) is 0 Å². The molecule has 0 radical (unpaired) electrons. The molecule has 6 heteroatoms. The summed E-state index contributed by atoms with van der Waals surface area (Å²) in [4.78, 5) is 4.07. The fourth-order valence-electron chi connectivity index (χ4n) is 1.07. The Hall–Kier alpha value is -2.13. The normalized spacial score (nSPS) is 9.33. The van der Waals surface area contributed by atoms with Gasteiger partial charge in [-0.3, -0.25) is 5.32 Å². The zero-order chi connectivity index (χ0) is 11.3. The summed E-state index contributed by atoms with van der Waals surface area (Å²) in [6, 6.07) is 5.34. The molecule has 15 heavy (non-hydrogen) atoms. The van der Waals surface area contributed by atoms with Crippen LogP contribution in [0.2, 0.25) is 0 Å². The van der Waals surface area contributed by atoms with E-state index in [0.717, 1.165) is 0 Å². The molecule has 0 aromatic carbocycles. The van der Waals surface area contributed by atoms with Gasteiger partial charge in [-0.15, -0.1) is 4.98 Å². The summed E-state index contributed by atoms with van der Waals surface area (Å²) in [5, 5.41) is 11.5. The van der Waals surface area contributed by atoms with Crippen molar-refractivity contribution in [3.05, 3.63) is 23.9 Å². The van der Waals surface area contributed by atoms with Gasteiger partial charge < -0.3 is 11.5 Å². The van der Waals surface area contributed by atoms with E-state index in [1.165, 1.54) is 6.20 Å². The maximum Gasteiger partial charge on any atom is 0.306 e. The molecule has 0 spiro atoms. The summed E-state index contributed by atoms with van der Waals surface area (Å²) in [5.74, 6) is 0.755. The van der Waals surface area contributed by atoms with Crippen LogP contribution in [-0.2, 0) is 0 Å². The molecule has 0 atom stereocenters. The Morgan fingerprint density at radius 1 is 1.60 bits per heavy atom. The first kappa shape index (κ1) is 10.9. The lowest BCUT2D eigenvalue weighted by Crippen LogP contribution is -2.37. The number of nitrogens with zero attached hydrogens (tertiary/aromatic N) is 3. The monoisotopic (exact) mass is 205 g/mol. The first-order chi connectivity index (χ1) is 7.19. The Morgan fingerprint density at radius 3 is 2.73 bits per heavy atom. The molecule has 1 aromatic heterocycles. The molecule has 1 aromatic rings. The molecule has 0 saturated carbocycles. The van der Waals surface area contributed by atoms with Gasteiger partial charge in [-0.05, 0) is 13.1 Å². The second kappa shape index (κ2) is 4.93. The second-order valence-electron chi connectivity index (χ2n) is 2.88. The van der Waals surface area contributed by atoms with Crippen molar-refractivity contribution in [1.82, 2.24) is 10.3 Å². The summed E-state index contributed by atoms with van der Waals surface area (Å²) in [7, 11) is 1.78. The van der Waals surface area contributed by atoms with Crippen LogP contribution < -0.4 is 16.8 Å². The predicted octanol–water partition coefficient (Wildman–Crippen LogP) is -0.952. The van der Waals surface area contributed by atoms with Crippen molar-refractivity contribution in [2.75, 3.05) is 13.7 Å². The van der Waals surface area contributed by atoms with Crippen LogP contribution in [0, 0.1) is 11.3 Å². The molecule has 0 aliphatic carbocycles. The smallest absolute Gasteiger partial charge is 0.306 e. The summed E-state index contributed by atoms with van der Waals surface area (Å²) in [5.41, 5.74) is 11.5. The SMILES string of the molecule is CNC[N+](=C(N)N)c1ccc(C#N)cn1. The average Bonchev–Trinajstić information content (AvgIpc) is 2.26. The molecule has 5 N–H and O–H groups in total. The Balaban J connectivity index is 3.04. The van der Waals surface area contributed by atoms with Crippen molar-refractivity contribution >= 4 is 11.8 Å². The van der Waals surface area contributed by atoms with Gasteiger partial charge in [0.1, 0.15) is 18.9 Å². The number of nitrogens with two attached hydrogens (primary N) is 2. The van der Waals surface area contributed by atoms with Gasteiger partial charge in [0.2, 0.25) is 5.82 Å². The minimum Gasteiger partial charge on any atom is -0.310 e. The second-order valence-corrected chi connectivity index (χ2v) is 2.88. The molecule has 1 rings (SSSR count). The lowest BCUT2D eigenvalue weighted by Gasteiger charge is -2.06. The molecule has 0 unspecified atom stereocenters. The van der Waals surface area contributed by atoms with E-state index < -0.39 is 0 Å². The topological polar surface area (TPSA) is 104 Å². The van der Waals surface area contributed by atoms with Crippen molar-refractivity contribution in [2.24, 2.45) is 11.5 Å².